The maximum Gasteiger partial charge on any atom is 0.416 e. The first-order valence-corrected chi connectivity index (χ1v) is 7.58. The molecule has 0 saturated carbocycles. The number of urea groups is 1. The van der Waals surface area contributed by atoms with E-state index in [4.69, 9.17) is 9.84 Å². The van der Waals surface area contributed by atoms with E-state index in [0.29, 0.717) is 0 Å². The second-order valence-electron chi connectivity index (χ2n) is 5.71. The van der Waals surface area contributed by atoms with Crippen LogP contribution >= 0.6 is 0 Å². The number of carbonyl (C=O) groups is 2. The number of rotatable bonds is 7. The van der Waals surface area contributed by atoms with Gasteiger partial charge in [-0.2, -0.15) is 13.2 Å². The summed E-state index contributed by atoms with van der Waals surface area (Å²) >= 11 is 0. The topological polar surface area (TPSA) is 78.9 Å². The Bertz CT molecular complexity index is 618. The van der Waals surface area contributed by atoms with Crippen LogP contribution in [-0.4, -0.2) is 41.7 Å². The van der Waals surface area contributed by atoms with Crippen LogP contribution in [0.15, 0.2) is 18.2 Å². The van der Waals surface area contributed by atoms with Crippen molar-refractivity contribution >= 4 is 12.0 Å². The van der Waals surface area contributed by atoms with Gasteiger partial charge >= 0.3 is 18.2 Å². The van der Waals surface area contributed by atoms with Crippen LogP contribution in [-0.2, 0) is 17.5 Å². The molecule has 9 heteroatoms. The van der Waals surface area contributed by atoms with Gasteiger partial charge in [0.15, 0.2) is 0 Å². The molecule has 0 aliphatic rings. The Morgan fingerprint density at radius 2 is 1.96 bits per heavy atom. The highest BCUT2D eigenvalue weighted by Gasteiger charge is 2.34. The van der Waals surface area contributed by atoms with E-state index in [2.05, 4.69) is 5.32 Å². The molecule has 25 heavy (non-hydrogen) atoms. The zero-order valence-electron chi connectivity index (χ0n) is 14.2. The van der Waals surface area contributed by atoms with Gasteiger partial charge in [-0.15, -0.1) is 0 Å². The van der Waals surface area contributed by atoms with Gasteiger partial charge < -0.3 is 20.1 Å². The molecule has 140 valence electrons. The highest BCUT2D eigenvalue weighted by molar-refractivity contribution is 5.75. The van der Waals surface area contributed by atoms with Crippen LogP contribution in [0.4, 0.5) is 18.0 Å². The molecule has 0 atom stereocenters. The van der Waals surface area contributed by atoms with Gasteiger partial charge in [0.05, 0.1) is 18.1 Å². The SMILES string of the molecule is CC(C)Oc1ccc(CNC(=O)N(C)CCC(=O)O)c(C(F)(F)F)c1. The first kappa shape index (κ1) is 20.6. The molecule has 0 fully saturated rings. The lowest BCUT2D eigenvalue weighted by atomic mass is 10.1. The number of carboxylic acid groups (broad SMARTS) is 1. The molecule has 1 aromatic rings. The summed E-state index contributed by atoms with van der Waals surface area (Å²) in [6.07, 6.45) is -5.11. The second kappa shape index (κ2) is 8.59. The largest absolute Gasteiger partial charge is 0.491 e. The van der Waals surface area contributed by atoms with Crippen LogP contribution in [0.3, 0.4) is 0 Å². The van der Waals surface area contributed by atoms with Crippen LogP contribution in [0.5, 0.6) is 5.75 Å². The lowest BCUT2D eigenvalue weighted by Crippen LogP contribution is -2.38. The van der Waals surface area contributed by atoms with Crippen molar-refractivity contribution in [1.82, 2.24) is 10.2 Å². The van der Waals surface area contributed by atoms with Crippen LogP contribution in [0.2, 0.25) is 0 Å². The minimum atomic E-state index is -4.59. The maximum absolute atomic E-state index is 13.2. The number of ether oxygens (including phenoxy) is 1. The molecule has 0 aliphatic carbocycles. The minimum absolute atomic E-state index is 0.0472. The maximum atomic E-state index is 13.2. The lowest BCUT2D eigenvalue weighted by Gasteiger charge is -2.19. The first-order valence-electron chi connectivity index (χ1n) is 7.58. The second-order valence-corrected chi connectivity index (χ2v) is 5.71. The van der Waals surface area contributed by atoms with Gasteiger partial charge in [-0.05, 0) is 31.5 Å². The Balaban J connectivity index is 2.83. The Labute approximate surface area is 143 Å². The molecule has 2 amide bonds. The van der Waals surface area contributed by atoms with E-state index in [-0.39, 0.29) is 36.9 Å². The molecule has 6 nitrogen and oxygen atoms in total. The van der Waals surface area contributed by atoms with Crippen LogP contribution in [0.1, 0.15) is 31.4 Å². The van der Waals surface area contributed by atoms with Gasteiger partial charge in [-0.1, -0.05) is 6.07 Å². The zero-order chi connectivity index (χ0) is 19.2. The van der Waals surface area contributed by atoms with E-state index in [1.54, 1.807) is 13.8 Å². The Hall–Kier alpha value is -2.45. The fraction of sp³-hybridized carbons (Fsp3) is 0.500. The fourth-order valence-corrected chi connectivity index (χ4v) is 1.99. The van der Waals surface area contributed by atoms with E-state index in [0.717, 1.165) is 11.0 Å². The fourth-order valence-electron chi connectivity index (χ4n) is 1.99. The van der Waals surface area contributed by atoms with Gasteiger partial charge in [0.2, 0.25) is 0 Å². The quantitative estimate of drug-likeness (QED) is 0.781. The number of amides is 2. The van der Waals surface area contributed by atoms with Gasteiger partial charge in [0.25, 0.3) is 0 Å². The number of hydrogen-bond acceptors (Lipinski definition) is 3. The van der Waals surface area contributed by atoms with Crippen LogP contribution in [0.25, 0.3) is 0 Å². The van der Waals surface area contributed by atoms with Crippen molar-refractivity contribution in [2.75, 3.05) is 13.6 Å². The molecule has 0 spiro atoms. The van der Waals surface area contributed by atoms with Gasteiger partial charge in [-0.3, -0.25) is 4.79 Å². The summed E-state index contributed by atoms with van der Waals surface area (Å²) in [6.45, 7) is 3.02. The van der Waals surface area contributed by atoms with Gasteiger partial charge in [0.1, 0.15) is 5.75 Å². The average molecular weight is 362 g/mol. The predicted molar refractivity (Wildman–Crippen MR) is 84.3 cm³/mol. The van der Waals surface area contributed by atoms with E-state index in [1.807, 2.05) is 0 Å². The van der Waals surface area contributed by atoms with Crippen molar-refractivity contribution in [3.05, 3.63) is 29.3 Å². The van der Waals surface area contributed by atoms with E-state index < -0.39 is 23.7 Å². The Morgan fingerprint density at radius 3 is 2.48 bits per heavy atom. The number of nitrogens with one attached hydrogen (secondary N) is 1. The van der Waals surface area contributed by atoms with E-state index in [9.17, 15) is 22.8 Å². The van der Waals surface area contributed by atoms with Crippen molar-refractivity contribution in [1.29, 1.82) is 0 Å². The summed E-state index contributed by atoms with van der Waals surface area (Å²) in [4.78, 5) is 23.4. The first-order chi connectivity index (χ1) is 11.5. The molecule has 0 aliphatic heterocycles. The van der Waals surface area contributed by atoms with Crippen LogP contribution in [0, 0.1) is 0 Å². The zero-order valence-corrected chi connectivity index (χ0v) is 14.2. The number of alkyl halides is 3. The molecule has 1 aromatic carbocycles. The number of hydrogen-bond donors (Lipinski definition) is 2. The van der Waals surface area contributed by atoms with E-state index >= 15 is 0 Å². The van der Waals surface area contributed by atoms with Crippen molar-refractivity contribution < 1.29 is 32.6 Å². The third kappa shape index (κ3) is 6.90. The summed E-state index contributed by atoms with van der Waals surface area (Å²) in [7, 11) is 1.36. The number of benzene rings is 1. The van der Waals surface area contributed by atoms with Crippen molar-refractivity contribution in [2.45, 2.75) is 39.1 Å². The molecule has 0 bridgehead atoms. The standard InChI is InChI=1S/C16H21F3N2O4/c1-10(2)25-12-5-4-11(13(8-12)16(17,18)19)9-20-15(24)21(3)7-6-14(22)23/h4-5,8,10H,6-7,9H2,1-3H3,(H,20,24)(H,22,23). The summed E-state index contributed by atoms with van der Waals surface area (Å²) in [5.41, 5.74) is -0.997. The number of carboxylic acids is 1. The summed E-state index contributed by atoms with van der Waals surface area (Å²) in [5.74, 6) is -0.976. The number of aliphatic carboxylic acids is 1. The third-order valence-corrected chi connectivity index (χ3v) is 3.20. The van der Waals surface area contributed by atoms with Crippen molar-refractivity contribution in [3.63, 3.8) is 0 Å². The van der Waals surface area contributed by atoms with Gasteiger partial charge in [-0.25, -0.2) is 4.79 Å². The molecular weight excluding hydrogens is 341 g/mol. The smallest absolute Gasteiger partial charge is 0.416 e. The lowest BCUT2D eigenvalue weighted by molar-refractivity contribution is -0.138. The summed E-state index contributed by atoms with van der Waals surface area (Å²) in [6, 6.07) is 2.90. The highest BCUT2D eigenvalue weighted by atomic mass is 19.4. The minimum Gasteiger partial charge on any atom is -0.491 e. The monoisotopic (exact) mass is 362 g/mol. The van der Waals surface area contributed by atoms with E-state index in [1.165, 1.54) is 19.2 Å². The van der Waals surface area contributed by atoms with Crippen LogP contribution < -0.4 is 10.1 Å². The average Bonchev–Trinajstić information content (AvgIpc) is 2.49. The molecule has 0 saturated heterocycles. The molecule has 0 unspecified atom stereocenters. The Kier molecular flexibility index (Phi) is 7.08. The molecule has 0 radical (unpaired) electrons. The molecule has 0 aromatic heterocycles. The summed E-state index contributed by atoms with van der Waals surface area (Å²) in [5, 5.41) is 10.9. The number of carbonyl (C=O) groups excluding carboxylic acids is 1. The molecule has 2 N–H and O–H groups in total. The number of nitrogens with zero attached hydrogens (tertiary/aromatic N) is 1. The van der Waals surface area contributed by atoms with Gasteiger partial charge in [0, 0.05) is 20.1 Å². The molecule has 1 rings (SSSR count). The highest BCUT2D eigenvalue weighted by Crippen LogP contribution is 2.34. The number of halogens is 3. The predicted octanol–water partition coefficient (Wildman–Crippen LogP) is 3.11. The molecular formula is C16H21F3N2O4. The molecule has 0 heterocycles. The van der Waals surface area contributed by atoms with Crippen molar-refractivity contribution in [3.8, 4) is 5.75 Å². The summed E-state index contributed by atoms with van der Waals surface area (Å²) < 4.78 is 44.9. The van der Waals surface area contributed by atoms with Crippen molar-refractivity contribution in [2.24, 2.45) is 0 Å². The third-order valence-electron chi connectivity index (χ3n) is 3.20. The normalized spacial score (nSPS) is 11.3. The Morgan fingerprint density at radius 1 is 1.32 bits per heavy atom.